The van der Waals surface area contributed by atoms with Crippen molar-refractivity contribution < 1.29 is 94.6 Å². The number of alkyl halides is 3. The number of nitrogens with two attached hydrogens (primary N) is 1. The lowest BCUT2D eigenvalue weighted by atomic mass is 9.95. The number of rotatable bonds is 19. The van der Waals surface area contributed by atoms with Gasteiger partial charge in [0.1, 0.15) is 56.3 Å². The molecule has 49 heteroatoms. The van der Waals surface area contributed by atoms with Crippen LogP contribution in [-0.2, 0) is 221 Å². The number of amides is 7. The minimum Gasteiger partial charge on any atom is -0.476 e. The van der Waals surface area contributed by atoms with Gasteiger partial charge in [-0.25, -0.2) is 35.9 Å². The van der Waals surface area contributed by atoms with Gasteiger partial charge in [0.05, 0.1) is 49.4 Å². The number of aromatic carboxylic acids is 1. The molecule has 4 aliphatic heterocycles. The maximum atomic E-state index is 15.4. The second-order valence-electron chi connectivity index (χ2n) is 31.3. The summed E-state index contributed by atoms with van der Waals surface area (Å²) in [5.41, 5.74) is 11.7. The van der Waals surface area contributed by atoms with Gasteiger partial charge in [0.15, 0.2) is 34.5 Å². The number of aromatic nitrogens is 6. The van der Waals surface area contributed by atoms with E-state index in [4.69, 9.17) is 60.5 Å². The molecule has 0 radical (unpaired) electrons. The Morgan fingerprint density at radius 2 is 0.761 bits per heavy atom. The molecule has 4 fully saturated rings. The summed E-state index contributed by atoms with van der Waals surface area (Å²) in [5, 5.41) is 42.9. The van der Waals surface area contributed by atoms with Gasteiger partial charge in [-0.2, -0.15) is 15.3 Å². The molecular formula is C89H96Cl3F6N13O14S13. The van der Waals surface area contributed by atoms with Crippen LogP contribution in [0.2, 0.25) is 15.1 Å². The summed E-state index contributed by atoms with van der Waals surface area (Å²) in [4.78, 5) is 119. The van der Waals surface area contributed by atoms with Crippen molar-refractivity contribution in [3.8, 4) is 33.4 Å². The molecule has 3 aliphatic carbocycles. The second-order valence-corrected chi connectivity index (χ2v) is 48.5. The van der Waals surface area contributed by atoms with E-state index in [-0.39, 0.29) is 123 Å². The third-order valence-corrected chi connectivity index (χ3v) is 39.3. The summed E-state index contributed by atoms with van der Waals surface area (Å²) in [7, 11) is 13.0. The molecule has 138 heavy (non-hydrogen) atoms. The fourth-order valence-corrected chi connectivity index (χ4v) is 31.1. The lowest BCUT2D eigenvalue weighted by Crippen LogP contribution is -2.44. The van der Waals surface area contributed by atoms with Crippen molar-refractivity contribution in [3.63, 3.8) is 0 Å². The van der Waals surface area contributed by atoms with Crippen molar-refractivity contribution in [2.45, 2.75) is 193 Å². The van der Waals surface area contributed by atoms with Crippen molar-refractivity contribution in [1.82, 2.24) is 44.0 Å². The number of anilines is 3. The summed E-state index contributed by atoms with van der Waals surface area (Å²) < 4.78 is 104. The smallest absolute Gasteiger partial charge is 0.359 e. The Kier molecular flexibility index (Phi) is 46.1. The highest BCUT2D eigenvalue weighted by Crippen LogP contribution is 2.39. The van der Waals surface area contributed by atoms with E-state index < -0.39 is 107 Å². The number of primary amides is 1. The van der Waals surface area contributed by atoms with Crippen LogP contribution in [0.4, 0.5) is 43.4 Å². The van der Waals surface area contributed by atoms with Gasteiger partial charge in [0, 0.05) is 233 Å². The molecule has 16 rings (SSSR count). The predicted octanol–water partition coefficient (Wildman–Crippen LogP) is 15.2. The molecule has 3 aromatic heterocycles. The van der Waals surface area contributed by atoms with Crippen molar-refractivity contribution >= 4 is 230 Å². The first-order chi connectivity index (χ1) is 66.0. The number of benzene rings is 6. The van der Waals surface area contributed by atoms with E-state index in [2.05, 4.69) is 82.9 Å². The fraction of sp³-hybridized carbons (Fsp3) is 0.393. The van der Waals surface area contributed by atoms with E-state index in [1.54, 1.807) is 137 Å². The Morgan fingerprint density at radius 1 is 0.457 bits per heavy atom. The van der Waals surface area contributed by atoms with Gasteiger partial charge in [-0.15, -0.1) is 0 Å². The number of likely N-dealkylation sites (tertiary alicyclic amines) is 3. The van der Waals surface area contributed by atoms with Crippen LogP contribution in [0, 0.1) is 17.5 Å². The van der Waals surface area contributed by atoms with Crippen LogP contribution in [0.25, 0.3) is 33.4 Å². The quantitative estimate of drug-likeness (QED) is 0.0171. The number of nitrogens with one attached hydrogen (secondary N) is 3. The van der Waals surface area contributed by atoms with Gasteiger partial charge in [0.2, 0.25) is 35.4 Å². The van der Waals surface area contributed by atoms with Crippen molar-refractivity contribution in [2.24, 2.45) is 5.73 Å². The number of carbonyl (C=O) groups is 9. The predicted molar refractivity (Wildman–Crippen MR) is 552 cm³/mol. The number of fused-ring (bicyclic) bond motifs is 3. The van der Waals surface area contributed by atoms with Crippen molar-refractivity contribution in [1.29, 1.82) is 0 Å². The molecule has 7 heterocycles. The van der Waals surface area contributed by atoms with Crippen LogP contribution in [0.15, 0.2) is 127 Å². The van der Waals surface area contributed by atoms with Gasteiger partial charge >= 0.3 is 11.9 Å². The van der Waals surface area contributed by atoms with Crippen molar-refractivity contribution in [3.05, 3.63) is 211 Å². The molecule has 7 atom stereocenters. The van der Waals surface area contributed by atoms with Crippen molar-refractivity contribution in [2.75, 3.05) is 48.8 Å². The standard InChI is InChI=1S/C29H29ClF2N4O4.C27H26ClF2N5O3.C27H25ClF2N4O4.C5H10O.CH4.H2O2.S7.S6/c1-2-40-29(39)27-20-9-4-6-13-23(20)36(34-27)16-25(37)35-15-17(31)14-24(35)28(38)33-22-12-7-10-19(26(22)32)18-8-3-5-11-21(18)30;28-19-9-3-1-6-16(19)17-8-5-10-20(24(17)30)32-27(38)22-12-15(29)13-34(22)23(36)14-35-21-11-4-2-7-18(21)25(33-35)26(31)37;28-19-9-3-1-6-16(19)17-8-5-10-20(24(17)30)31-26(36)22-12-15(29)13-33(22)23(35)14-34-21-11-4-2-7-18(21)25(32-34)27(37)38;1-5-3-2-4-6-5;;1-2;1-3-5-7-6-4-2;1-3-5-6-4-2/h3,5,7-8,10-12,17,24H,2,4,6,9,13-16H2,1H3,(H,33,38);1,3,5-6,8-10,15,22H,2,4,7,11-14H2,(H2,31,37)(H,32,38);1,3,5-6,8-10,15,22H,2,4,7,11-14H2,(H,31,36)(H,37,38);5H,2-4H2,1H3;1H4;1-2H;;/t17-,24+;2*15-,22+;;;;;/m111...../s1. The number of ether oxygens (including phenoxy) is 2. The number of halogens is 9. The molecule has 9 aromatic rings. The highest BCUT2D eigenvalue weighted by Gasteiger charge is 2.45. The maximum absolute atomic E-state index is 15.4. The molecule has 7 aliphatic rings. The Hall–Kier alpha value is -8.63. The average Bonchev–Trinajstić information content (AvgIpc) is 1.53. The zero-order valence-corrected chi connectivity index (χ0v) is 85.9. The van der Waals surface area contributed by atoms with E-state index in [0.29, 0.717) is 87.6 Å². The number of esters is 1. The molecule has 4 saturated heterocycles. The van der Waals surface area contributed by atoms with E-state index in [1.807, 2.05) is 0 Å². The molecule has 742 valence electrons. The number of hydrogen-bond acceptors (Lipinski definition) is 20. The average molecular weight is 2210 g/mol. The summed E-state index contributed by atoms with van der Waals surface area (Å²) in [6.07, 6.45) is 7.08. The lowest BCUT2D eigenvalue weighted by Gasteiger charge is -2.24. The van der Waals surface area contributed by atoms with Gasteiger partial charge in [-0.3, -0.25) is 58.1 Å². The first-order valence-corrected chi connectivity index (χ1v) is 58.4. The van der Waals surface area contributed by atoms with Crippen LogP contribution < -0.4 is 21.7 Å². The molecule has 0 saturated carbocycles. The van der Waals surface area contributed by atoms with Gasteiger partial charge in [-0.05, 0) is 140 Å². The van der Waals surface area contributed by atoms with Crippen LogP contribution >= 0.6 is 34.8 Å². The normalized spacial score (nSPS) is 17.8. The fourth-order valence-electron chi connectivity index (χ4n) is 16.7. The highest BCUT2D eigenvalue weighted by atomic mass is 35.5. The Bertz CT molecular complexity index is 6140. The van der Waals surface area contributed by atoms with E-state index >= 15 is 13.2 Å². The van der Waals surface area contributed by atoms with E-state index in [0.717, 1.165) is 82.3 Å². The molecule has 0 bridgehead atoms. The molecule has 6 aromatic carbocycles. The highest BCUT2D eigenvalue weighted by molar-refractivity contribution is 8.68. The minimum atomic E-state index is -1.44. The largest absolute Gasteiger partial charge is 0.476 e. The first-order valence-electron chi connectivity index (χ1n) is 42.6. The third kappa shape index (κ3) is 30.0. The Balaban J connectivity index is 0.000000208. The maximum Gasteiger partial charge on any atom is 0.359 e. The number of carbonyl (C=O) groups excluding carboxylic acids is 8. The molecular weight excluding hydrogens is 2110 g/mol. The summed E-state index contributed by atoms with van der Waals surface area (Å²) >= 11 is 36.8. The summed E-state index contributed by atoms with van der Waals surface area (Å²) in [6, 6.07) is 30.3. The Morgan fingerprint density at radius 3 is 1.06 bits per heavy atom. The van der Waals surface area contributed by atoms with Crippen LogP contribution in [0.1, 0.15) is 157 Å². The van der Waals surface area contributed by atoms with Gasteiger partial charge < -0.3 is 51.0 Å². The number of carboxylic acids is 1. The van der Waals surface area contributed by atoms with Crippen LogP contribution in [-0.4, -0.2) is 189 Å². The molecule has 8 N–H and O–H groups in total. The monoisotopic (exact) mass is 2210 g/mol. The van der Waals surface area contributed by atoms with Crippen LogP contribution in [0.5, 0.6) is 0 Å². The van der Waals surface area contributed by atoms with Crippen LogP contribution in [0.3, 0.4) is 0 Å². The topological polar surface area (TPSA) is 358 Å². The molecule has 27 nitrogen and oxygen atoms in total. The zero-order valence-electron chi connectivity index (χ0n) is 73.0. The summed E-state index contributed by atoms with van der Waals surface area (Å²) in [5.74, 6) is -8.19. The summed E-state index contributed by atoms with van der Waals surface area (Å²) in [6.45, 7) is 3.33. The third-order valence-electron chi connectivity index (χ3n) is 22.8. The number of nitrogens with zero attached hydrogens (tertiary/aromatic N) is 9. The first kappa shape index (κ1) is 113. The lowest BCUT2D eigenvalue weighted by molar-refractivity contribution is -0.176. The number of hydrogen-bond donors (Lipinski definition) is 7. The van der Waals surface area contributed by atoms with Gasteiger partial charge in [-0.1, -0.05) is 133 Å². The Labute approximate surface area is 852 Å². The second kappa shape index (κ2) is 56.3. The molecule has 0 spiro atoms. The number of carboxylic acid groups (broad SMARTS) is 1. The van der Waals surface area contributed by atoms with E-state index in [9.17, 15) is 61.4 Å². The molecule has 7 amide bonds. The zero-order chi connectivity index (χ0) is 99.1. The molecule has 1 unspecified atom stereocenters. The van der Waals surface area contributed by atoms with E-state index in [1.165, 1.54) is 104 Å². The SMILES string of the molecule is C.CC1CCCO1.CCOC(=O)c1nn(CC(=O)N2C[C@H](F)C[C@H]2C(=O)Nc2cccc(-c3ccccc3Cl)c2F)c2c1CCCC2.NC(=O)c1nn(CC(=O)N2C[C@H](F)C[C@H]2C(=O)Nc2cccc(-c3ccccc3Cl)c2F)c2c1CCCC2.O=C(O)c1nn(CC(=O)N2C[C@H](F)C[C@H]2C(=O)Nc2cccc(-c3ccccc3Cl)c2F)c2c1CCCC2.OO.S=S=S=S=S=S.S=S=S=S=S=S=S. The van der Waals surface area contributed by atoms with Gasteiger partial charge in [0.25, 0.3) is 5.91 Å². The minimum absolute atomic E-state index is 0.